The first-order valence-corrected chi connectivity index (χ1v) is 14.8. The van der Waals surface area contributed by atoms with Gasteiger partial charge < -0.3 is 23.9 Å². The maximum atomic E-state index is 15.1. The predicted octanol–water partition coefficient (Wildman–Crippen LogP) is 5.15. The predicted molar refractivity (Wildman–Crippen MR) is 152 cm³/mol. The molecule has 0 aliphatic rings. The fourth-order valence-electron chi connectivity index (χ4n) is 4.83. The molecule has 9 nitrogen and oxygen atoms in total. The number of ether oxygens (including phenoxy) is 3. The summed E-state index contributed by atoms with van der Waals surface area (Å²) in [6.45, 7) is 10.2. The number of aliphatic carboxylic acids is 1. The fraction of sp³-hybridized carbons (Fsp3) is 0.448. The van der Waals surface area contributed by atoms with Gasteiger partial charge in [-0.05, 0) is 63.8 Å². The van der Waals surface area contributed by atoms with Crippen LogP contribution in [0.25, 0.3) is 0 Å². The number of rotatable bonds is 14. The average molecular weight is 595 g/mol. The van der Waals surface area contributed by atoms with Gasteiger partial charge in [-0.1, -0.05) is 35.4 Å². The van der Waals surface area contributed by atoms with E-state index in [4.69, 9.17) is 25.8 Å². The maximum Gasteiger partial charge on any atom is 0.323 e. The highest BCUT2D eigenvalue weighted by Crippen LogP contribution is 2.59. The summed E-state index contributed by atoms with van der Waals surface area (Å²) in [5, 5.41) is 7.61. The Morgan fingerprint density at radius 2 is 1.18 bits per heavy atom. The molecule has 2 aromatic carbocycles. The molecule has 2 aromatic rings. The Morgan fingerprint density at radius 1 is 0.775 bits per heavy atom. The van der Waals surface area contributed by atoms with Crippen LogP contribution in [0.4, 0.5) is 0 Å². The molecule has 11 heteroatoms. The van der Waals surface area contributed by atoms with Gasteiger partial charge in [0.05, 0.1) is 19.8 Å². The van der Waals surface area contributed by atoms with Crippen molar-refractivity contribution >= 4 is 41.7 Å². The standard InChI is InChI=1S/C29H36ClO9P/c1-16-12-18(3)22(19(4)13-16)28(34)40(36,29(35)23-20(5)14-17(2)15-21(23)6)25(24(30)26(31)32)27(33)39-11-10-38-9-8-37-7/h12-15,24-25H,8-11H2,1-7H3,(H,31,32). The van der Waals surface area contributed by atoms with Crippen molar-refractivity contribution in [3.63, 3.8) is 0 Å². The molecule has 0 heterocycles. The number of carbonyl (C=O) groups excluding carboxylic acids is 3. The number of methoxy groups -OCH3 is 1. The lowest BCUT2D eigenvalue weighted by molar-refractivity contribution is -0.148. The number of alkyl halides is 1. The zero-order valence-corrected chi connectivity index (χ0v) is 25.5. The van der Waals surface area contributed by atoms with Crippen molar-refractivity contribution in [1.29, 1.82) is 0 Å². The summed E-state index contributed by atoms with van der Waals surface area (Å²) in [6, 6.07) is 6.71. The Labute approximate surface area is 239 Å². The normalized spacial score (nSPS) is 13.0. The van der Waals surface area contributed by atoms with E-state index in [-0.39, 0.29) is 30.9 Å². The van der Waals surface area contributed by atoms with Gasteiger partial charge in [-0.2, -0.15) is 0 Å². The molecule has 2 atom stereocenters. The lowest BCUT2D eigenvalue weighted by Gasteiger charge is -2.28. The van der Waals surface area contributed by atoms with E-state index in [1.54, 1.807) is 52.0 Å². The first-order valence-electron chi connectivity index (χ1n) is 12.6. The number of hydrogen-bond acceptors (Lipinski definition) is 8. The van der Waals surface area contributed by atoms with Gasteiger partial charge in [-0.25, -0.2) is 0 Å². The lowest BCUT2D eigenvalue weighted by Crippen LogP contribution is -2.41. The summed E-state index contributed by atoms with van der Waals surface area (Å²) in [7, 11) is -3.66. The van der Waals surface area contributed by atoms with Gasteiger partial charge in [0.2, 0.25) is 18.2 Å². The van der Waals surface area contributed by atoms with Crippen molar-refractivity contribution < 1.29 is 43.1 Å². The Morgan fingerprint density at radius 3 is 1.55 bits per heavy atom. The number of carboxylic acids is 1. The van der Waals surface area contributed by atoms with Gasteiger partial charge >= 0.3 is 11.9 Å². The van der Waals surface area contributed by atoms with Gasteiger partial charge in [-0.15, -0.1) is 11.6 Å². The number of esters is 1. The first kappa shape index (κ1) is 33.4. The third kappa shape index (κ3) is 7.26. The van der Waals surface area contributed by atoms with E-state index < -0.39 is 41.2 Å². The minimum Gasteiger partial charge on any atom is -0.480 e. The van der Waals surface area contributed by atoms with Gasteiger partial charge in [-0.3, -0.25) is 19.2 Å². The highest BCUT2D eigenvalue weighted by Gasteiger charge is 2.57. The van der Waals surface area contributed by atoms with Gasteiger partial charge in [0, 0.05) is 18.2 Å². The molecule has 0 aliphatic heterocycles. The van der Waals surface area contributed by atoms with Crippen LogP contribution in [0.15, 0.2) is 24.3 Å². The first-order chi connectivity index (χ1) is 18.7. The van der Waals surface area contributed by atoms with E-state index >= 15 is 4.57 Å². The SMILES string of the molecule is COCCOCCOC(=O)C(C(Cl)C(=O)O)P(=O)(C(=O)c1c(C)cc(C)cc1C)C(=O)c1c(C)cc(C)cc1C. The van der Waals surface area contributed by atoms with Crippen LogP contribution in [-0.4, -0.2) is 72.7 Å². The van der Waals surface area contributed by atoms with Crippen LogP contribution in [-0.2, 0) is 28.4 Å². The number of aryl methyl sites for hydroxylation is 6. The molecule has 0 aliphatic carbocycles. The Bertz CT molecular complexity index is 1230. The van der Waals surface area contributed by atoms with Crippen molar-refractivity contribution in [2.75, 3.05) is 33.5 Å². The number of halogens is 1. The molecule has 0 radical (unpaired) electrons. The second kappa shape index (κ2) is 14.2. The number of carboxylic acid groups (broad SMARTS) is 1. The van der Waals surface area contributed by atoms with Crippen molar-refractivity contribution in [2.24, 2.45) is 0 Å². The van der Waals surface area contributed by atoms with E-state index in [1.807, 2.05) is 13.8 Å². The monoisotopic (exact) mass is 594 g/mol. The van der Waals surface area contributed by atoms with E-state index in [9.17, 15) is 24.3 Å². The van der Waals surface area contributed by atoms with Crippen LogP contribution >= 0.6 is 18.7 Å². The molecular weight excluding hydrogens is 559 g/mol. The molecule has 0 saturated carbocycles. The Balaban J connectivity index is 2.77. The Hall–Kier alpha value is -2.84. The lowest BCUT2D eigenvalue weighted by atomic mass is 10.0. The van der Waals surface area contributed by atoms with Crippen LogP contribution in [0, 0.1) is 41.5 Å². The maximum absolute atomic E-state index is 15.1. The number of carbonyl (C=O) groups is 4. The van der Waals surface area contributed by atoms with Crippen LogP contribution < -0.4 is 0 Å². The van der Waals surface area contributed by atoms with Crippen LogP contribution in [0.5, 0.6) is 0 Å². The van der Waals surface area contributed by atoms with Crippen LogP contribution in [0.3, 0.4) is 0 Å². The van der Waals surface area contributed by atoms with Crippen molar-refractivity contribution in [3.8, 4) is 0 Å². The average Bonchev–Trinajstić information content (AvgIpc) is 2.84. The van der Waals surface area contributed by atoms with Crippen LogP contribution in [0.2, 0.25) is 0 Å². The van der Waals surface area contributed by atoms with Crippen molar-refractivity contribution in [3.05, 3.63) is 68.8 Å². The number of hydrogen-bond donors (Lipinski definition) is 1. The molecule has 0 fully saturated rings. The second-order valence-corrected chi connectivity index (χ2v) is 12.9. The summed E-state index contributed by atoms with van der Waals surface area (Å²) in [5.74, 6) is -3.07. The topological polar surface area (TPSA) is 133 Å². The summed E-state index contributed by atoms with van der Waals surface area (Å²) >= 11 is 6.19. The van der Waals surface area contributed by atoms with E-state index in [2.05, 4.69) is 0 Å². The molecule has 0 bridgehead atoms. The third-order valence-electron chi connectivity index (χ3n) is 6.44. The van der Waals surface area contributed by atoms with Gasteiger partial charge in [0.25, 0.3) is 0 Å². The zero-order chi connectivity index (χ0) is 30.4. The molecule has 0 spiro atoms. The molecule has 218 valence electrons. The summed E-state index contributed by atoms with van der Waals surface area (Å²) < 4.78 is 30.4. The van der Waals surface area contributed by atoms with E-state index in [0.717, 1.165) is 11.1 Å². The third-order valence-corrected chi connectivity index (χ3v) is 10.00. The molecule has 2 unspecified atom stereocenters. The molecular formula is C29H36ClO9P. The van der Waals surface area contributed by atoms with E-state index in [0.29, 0.717) is 28.9 Å². The fourth-order valence-corrected chi connectivity index (χ4v) is 8.34. The highest BCUT2D eigenvalue weighted by molar-refractivity contribution is 7.96. The molecule has 0 aromatic heterocycles. The molecule has 0 saturated heterocycles. The highest BCUT2D eigenvalue weighted by atomic mass is 35.5. The largest absolute Gasteiger partial charge is 0.480 e. The van der Waals surface area contributed by atoms with Crippen LogP contribution in [0.1, 0.15) is 54.1 Å². The number of benzene rings is 2. The quantitative estimate of drug-likeness (QED) is 0.136. The molecule has 0 amide bonds. The van der Waals surface area contributed by atoms with Crippen molar-refractivity contribution in [2.45, 2.75) is 52.6 Å². The second-order valence-electron chi connectivity index (χ2n) is 9.77. The minimum absolute atomic E-state index is 0.0281. The summed E-state index contributed by atoms with van der Waals surface area (Å²) in [4.78, 5) is 54.0. The summed E-state index contributed by atoms with van der Waals surface area (Å²) in [6.07, 6.45) is 0. The van der Waals surface area contributed by atoms with Gasteiger partial charge in [0.1, 0.15) is 6.61 Å². The molecule has 2 rings (SSSR count). The molecule has 40 heavy (non-hydrogen) atoms. The smallest absolute Gasteiger partial charge is 0.323 e. The van der Waals surface area contributed by atoms with Gasteiger partial charge in [0.15, 0.2) is 11.0 Å². The van der Waals surface area contributed by atoms with Crippen molar-refractivity contribution in [1.82, 2.24) is 0 Å². The molecule has 1 N–H and O–H groups in total. The zero-order valence-electron chi connectivity index (χ0n) is 23.8. The van der Waals surface area contributed by atoms with E-state index in [1.165, 1.54) is 7.11 Å². The summed E-state index contributed by atoms with van der Waals surface area (Å²) in [5.41, 5.74) is -1.28. The Kier molecular flexibility index (Phi) is 11.8. The minimum atomic E-state index is -5.15.